The summed E-state index contributed by atoms with van der Waals surface area (Å²) in [5, 5.41) is 0.964. The molecule has 0 amide bonds. The Balaban J connectivity index is 2.03. The third-order valence-corrected chi connectivity index (χ3v) is 3.10. The third-order valence-electron chi connectivity index (χ3n) is 3.10. The van der Waals surface area contributed by atoms with Gasteiger partial charge in [0.25, 0.3) is 0 Å². The molecule has 0 aliphatic carbocycles. The van der Waals surface area contributed by atoms with Crippen molar-refractivity contribution in [2.24, 2.45) is 0 Å². The molecule has 0 bridgehead atoms. The van der Waals surface area contributed by atoms with Gasteiger partial charge in [-0.25, -0.2) is 4.98 Å². The fourth-order valence-electron chi connectivity index (χ4n) is 2.20. The maximum atomic E-state index is 5.65. The smallest absolute Gasteiger partial charge is 0.224 e. The van der Waals surface area contributed by atoms with E-state index in [2.05, 4.69) is 22.1 Å². The second-order valence-electron chi connectivity index (χ2n) is 4.56. The topological polar surface area (TPSA) is 35.0 Å². The number of hydrogen-bond acceptors (Lipinski definition) is 3. The summed E-state index contributed by atoms with van der Waals surface area (Å²) in [6.07, 6.45) is 0.714. The average Bonchev–Trinajstić information content (AvgIpc) is 2.49. The molecular formula is C17H16N2O. The highest BCUT2D eigenvalue weighted by atomic mass is 16.5. The molecule has 0 atom stereocenters. The number of para-hydroxylation sites is 1. The van der Waals surface area contributed by atoms with E-state index in [1.807, 2.05) is 49.4 Å². The molecule has 1 heterocycles. The molecule has 0 aliphatic rings. The van der Waals surface area contributed by atoms with Crippen LogP contribution in [0.5, 0.6) is 5.88 Å². The van der Waals surface area contributed by atoms with Crippen LogP contribution >= 0.6 is 0 Å². The van der Waals surface area contributed by atoms with E-state index in [1.54, 1.807) is 0 Å². The van der Waals surface area contributed by atoms with Crippen LogP contribution in [0, 0.1) is 0 Å². The molecule has 3 heteroatoms. The number of benzene rings is 2. The second kappa shape index (κ2) is 5.70. The number of nitrogens with zero attached hydrogens (tertiary/aromatic N) is 2. The Kier molecular flexibility index (Phi) is 3.59. The predicted octanol–water partition coefficient (Wildman–Crippen LogP) is 3.62. The van der Waals surface area contributed by atoms with Gasteiger partial charge in [0, 0.05) is 6.42 Å². The van der Waals surface area contributed by atoms with E-state index in [-0.39, 0.29) is 0 Å². The van der Waals surface area contributed by atoms with E-state index >= 15 is 0 Å². The average molecular weight is 264 g/mol. The van der Waals surface area contributed by atoms with Crippen molar-refractivity contribution in [2.75, 3.05) is 6.61 Å². The fourth-order valence-corrected chi connectivity index (χ4v) is 2.20. The van der Waals surface area contributed by atoms with E-state index in [0.29, 0.717) is 18.9 Å². The molecule has 0 saturated heterocycles. The Hall–Kier alpha value is -2.42. The van der Waals surface area contributed by atoms with Crippen LogP contribution < -0.4 is 4.74 Å². The van der Waals surface area contributed by atoms with E-state index < -0.39 is 0 Å². The van der Waals surface area contributed by atoms with Gasteiger partial charge in [0.2, 0.25) is 5.88 Å². The molecular weight excluding hydrogens is 248 g/mol. The van der Waals surface area contributed by atoms with Crippen molar-refractivity contribution in [1.82, 2.24) is 9.97 Å². The summed E-state index contributed by atoms with van der Waals surface area (Å²) in [6, 6.07) is 18.2. The van der Waals surface area contributed by atoms with Gasteiger partial charge in [-0.05, 0) is 24.6 Å². The van der Waals surface area contributed by atoms with E-state index in [1.165, 1.54) is 5.56 Å². The quantitative estimate of drug-likeness (QED) is 0.722. The van der Waals surface area contributed by atoms with Crippen LogP contribution in [-0.2, 0) is 6.42 Å². The number of ether oxygens (including phenoxy) is 1. The molecule has 20 heavy (non-hydrogen) atoms. The van der Waals surface area contributed by atoms with Crippen LogP contribution in [0.4, 0.5) is 0 Å². The maximum Gasteiger partial charge on any atom is 0.224 e. The van der Waals surface area contributed by atoms with Crippen LogP contribution in [0.15, 0.2) is 54.6 Å². The van der Waals surface area contributed by atoms with Gasteiger partial charge in [0.05, 0.1) is 17.5 Å². The first-order chi connectivity index (χ1) is 9.86. The zero-order valence-electron chi connectivity index (χ0n) is 11.4. The zero-order valence-corrected chi connectivity index (χ0v) is 11.4. The Bertz CT molecular complexity index is 711. The number of hydrogen-bond donors (Lipinski definition) is 0. The fraction of sp³-hybridized carbons (Fsp3) is 0.176. The van der Waals surface area contributed by atoms with Crippen LogP contribution in [0.3, 0.4) is 0 Å². The van der Waals surface area contributed by atoms with Crippen LogP contribution in [-0.4, -0.2) is 16.6 Å². The Morgan fingerprint density at radius 3 is 2.45 bits per heavy atom. The lowest BCUT2D eigenvalue weighted by Gasteiger charge is -2.08. The van der Waals surface area contributed by atoms with E-state index in [0.717, 1.165) is 16.7 Å². The van der Waals surface area contributed by atoms with Crippen molar-refractivity contribution in [3.8, 4) is 5.88 Å². The lowest BCUT2D eigenvalue weighted by molar-refractivity contribution is 0.330. The van der Waals surface area contributed by atoms with Crippen molar-refractivity contribution in [2.45, 2.75) is 13.3 Å². The highest BCUT2D eigenvalue weighted by Crippen LogP contribution is 2.23. The summed E-state index contributed by atoms with van der Waals surface area (Å²) in [5.41, 5.74) is 2.13. The van der Waals surface area contributed by atoms with Crippen LogP contribution in [0.2, 0.25) is 0 Å². The normalized spacial score (nSPS) is 10.7. The minimum atomic E-state index is 0.603. The maximum absolute atomic E-state index is 5.65. The largest absolute Gasteiger partial charge is 0.477 e. The van der Waals surface area contributed by atoms with Gasteiger partial charge < -0.3 is 4.74 Å². The van der Waals surface area contributed by atoms with Gasteiger partial charge in [0.15, 0.2) is 0 Å². The molecule has 0 aliphatic heterocycles. The van der Waals surface area contributed by atoms with Crippen LogP contribution in [0.1, 0.15) is 18.3 Å². The van der Waals surface area contributed by atoms with Gasteiger partial charge in [-0.3, -0.25) is 0 Å². The molecule has 0 fully saturated rings. The highest BCUT2D eigenvalue weighted by Gasteiger charge is 2.08. The van der Waals surface area contributed by atoms with Crippen molar-refractivity contribution in [3.63, 3.8) is 0 Å². The summed E-state index contributed by atoms with van der Waals surface area (Å²) < 4.78 is 5.65. The molecule has 3 nitrogen and oxygen atoms in total. The number of aromatic nitrogens is 2. The van der Waals surface area contributed by atoms with Crippen molar-refractivity contribution < 1.29 is 4.74 Å². The zero-order chi connectivity index (χ0) is 13.8. The number of fused-ring (bicyclic) bond motifs is 1. The minimum Gasteiger partial charge on any atom is -0.477 e. The summed E-state index contributed by atoms with van der Waals surface area (Å²) >= 11 is 0. The molecule has 100 valence electrons. The molecule has 2 aromatic carbocycles. The first-order valence-corrected chi connectivity index (χ1v) is 6.79. The Morgan fingerprint density at radius 2 is 1.65 bits per heavy atom. The molecule has 0 saturated carbocycles. The van der Waals surface area contributed by atoms with Crippen molar-refractivity contribution in [1.29, 1.82) is 0 Å². The SMILES string of the molecule is CCOc1nc(Cc2ccccc2)nc2ccccc12. The van der Waals surface area contributed by atoms with E-state index in [9.17, 15) is 0 Å². The van der Waals surface area contributed by atoms with Gasteiger partial charge in [0.1, 0.15) is 5.82 Å². The van der Waals surface area contributed by atoms with Crippen molar-refractivity contribution >= 4 is 10.9 Å². The van der Waals surface area contributed by atoms with Gasteiger partial charge in [-0.2, -0.15) is 4.98 Å². The molecule has 3 rings (SSSR count). The third kappa shape index (κ3) is 2.62. The summed E-state index contributed by atoms with van der Waals surface area (Å²) in [5.74, 6) is 1.46. The standard InChI is InChI=1S/C17H16N2O/c1-2-20-17-14-10-6-7-11-15(14)18-16(19-17)12-13-8-4-3-5-9-13/h3-11H,2,12H2,1H3. The van der Waals surface area contributed by atoms with Crippen molar-refractivity contribution in [3.05, 3.63) is 66.0 Å². The monoisotopic (exact) mass is 264 g/mol. The summed E-state index contributed by atoms with van der Waals surface area (Å²) in [7, 11) is 0. The van der Waals surface area contributed by atoms with Gasteiger partial charge >= 0.3 is 0 Å². The molecule has 0 unspecified atom stereocenters. The van der Waals surface area contributed by atoms with Crippen LogP contribution in [0.25, 0.3) is 10.9 Å². The highest BCUT2D eigenvalue weighted by molar-refractivity contribution is 5.83. The summed E-state index contributed by atoms with van der Waals surface area (Å²) in [6.45, 7) is 2.57. The molecule has 0 spiro atoms. The molecule has 0 radical (unpaired) electrons. The predicted molar refractivity (Wildman–Crippen MR) is 80.0 cm³/mol. The van der Waals surface area contributed by atoms with Gasteiger partial charge in [-0.1, -0.05) is 42.5 Å². The Morgan fingerprint density at radius 1 is 0.900 bits per heavy atom. The summed E-state index contributed by atoms with van der Waals surface area (Å²) in [4.78, 5) is 9.17. The van der Waals surface area contributed by atoms with E-state index in [4.69, 9.17) is 4.74 Å². The first kappa shape index (κ1) is 12.6. The lowest BCUT2D eigenvalue weighted by atomic mass is 10.1. The molecule has 1 aromatic heterocycles. The second-order valence-corrected chi connectivity index (χ2v) is 4.56. The first-order valence-electron chi connectivity index (χ1n) is 6.79. The molecule has 0 N–H and O–H groups in total. The van der Waals surface area contributed by atoms with Gasteiger partial charge in [-0.15, -0.1) is 0 Å². The minimum absolute atomic E-state index is 0.603. The molecule has 3 aromatic rings. The Labute approximate surface area is 118 Å². The lowest BCUT2D eigenvalue weighted by Crippen LogP contribution is -2.02. The number of rotatable bonds is 4.